The van der Waals surface area contributed by atoms with Crippen molar-refractivity contribution in [2.24, 2.45) is 0 Å². The van der Waals surface area contributed by atoms with Crippen molar-refractivity contribution in [3.05, 3.63) is 42.6 Å². The van der Waals surface area contributed by atoms with Gasteiger partial charge in [0.25, 0.3) is 0 Å². The van der Waals surface area contributed by atoms with Gasteiger partial charge in [-0.3, -0.25) is 0 Å². The molecule has 0 amide bonds. The van der Waals surface area contributed by atoms with Gasteiger partial charge in [-0.2, -0.15) is 0 Å². The molecule has 1 atom stereocenters. The van der Waals surface area contributed by atoms with E-state index in [9.17, 15) is 0 Å². The summed E-state index contributed by atoms with van der Waals surface area (Å²) in [5.74, 6) is 0.702. The molecule has 2 nitrogen and oxygen atoms in total. The topological polar surface area (TPSA) is 24.1 Å². The quantitative estimate of drug-likeness (QED) is 0.760. The molecule has 74 valence electrons. The van der Waals surface area contributed by atoms with Crippen LogP contribution in [0.4, 0.5) is 5.69 Å². The summed E-state index contributed by atoms with van der Waals surface area (Å²) in [6.07, 6.45) is 2.96. The molecule has 2 heteroatoms. The van der Waals surface area contributed by atoms with Gasteiger partial charge in [0.2, 0.25) is 0 Å². The molecule has 1 saturated heterocycles. The first-order valence-electron chi connectivity index (χ1n) is 5.08. The van der Waals surface area contributed by atoms with Crippen LogP contribution < -0.4 is 10.6 Å². The van der Waals surface area contributed by atoms with Crippen LogP contribution in [-0.2, 0) is 0 Å². The third-order valence-corrected chi connectivity index (χ3v) is 2.71. The Kier molecular flexibility index (Phi) is 2.84. The zero-order chi connectivity index (χ0) is 9.80. The lowest BCUT2D eigenvalue weighted by Crippen LogP contribution is -2.07. The van der Waals surface area contributed by atoms with Gasteiger partial charge in [-0.15, -0.1) is 0 Å². The van der Waals surface area contributed by atoms with Crippen molar-refractivity contribution in [3.8, 4) is 0 Å². The average molecular weight is 188 g/mol. The van der Waals surface area contributed by atoms with Crippen LogP contribution in [0.25, 0.3) is 0 Å². The number of nitrogens with one attached hydrogen (secondary N) is 2. The van der Waals surface area contributed by atoms with Gasteiger partial charge in [0.05, 0.1) is 0 Å². The Bertz CT molecular complexity index is 297. The van der Waals surface area contributed by atoms with Crippen molar-refractivity contribution < 1.29 is 0 Å². The monoisotopic (exact) mass is 188 g/mol. The Morgan fingerprint density at radius 3 is 2.71 bits per heavy atom. The average Bonchev–Trinajstić information content (AvgIpc) is 2.72. The first kappa shape index (κ1) is 9.28. The van der Waals surface area contributed by atoms with E-state index >= 15 is 0 Å². The van der Waals surface area contributed by atoms with Crippen LogP contribution >= 0.6 is 0 Å². The minimum atomic E-state index is 0.702. The van der Waals surface area contributed by atoms with Crippen LogP contribution in [-0.4, -0.2) is 13.1 Å². The van der Waals surface area contributed by atoms with E-state index in [4.69, 9.17) is 0 Å². The van der Waals surface area contributed by atoms with Crippen molar-refractivity contribution in [1.82, 2.24) is 5.32 Å². The van der Waals surface area contributed by atoms with Crippen LogP contribution in [0.3, 0.4) is 0 Å². The molecule has 1 fully saturated rings. The summed E-state index contributed by atoms with van der Waals surface area (Å²) in [6, 6.07) is 8.61. The smallest absolute Gasteiger partial charge is 0.0379 e. The number of hydrogen-bond donors (Lipinski definition) is 2. The van der Waals surface area contributed by atoms with E-state index in [1.807, 2.05) is 0 Å². The summed E-state index contributed by atoms with van der Waals surface area (Å²) < 4.78 is 0. The summed E-state index contributed by atoms with van der Waals surface area (Å²) in [6.45, 7) is 5.90. The lowest BCUT2D eigenvalue weighted by Gasteiger charge is -2.09. The van der Waals surface area contributed by atoms with Gasteiger partial charge >= 0.3 is 0 Å². The molecule has 0 aromatic heterocycles. The Balaban J connectivity index is 2.08. The maximum atomic E-state index is 3.63. The summed E-state index contributed by atoms with van der Waals surface area (Å²) >= 11 is 0. The molecule has 2 rings (SSSR count). The zero-order valence-corrected chi connectivity index (χ0v) is 8.29. The fourth-order valence-corrected chi connectivity index (χ4v) is 1.91. The second kappa shape index (κ2) is 4.29. The molecule has 0 spiro atoms. The Morgan fingerprint density at radius 1 is 1.36 bits per heavy atom. The highest BCUT2D eigenvalue weighted by molar-refractivity contribution is 5.47. The zero-order valence-electron chi connectivity index (χ0n) is 8.29. The molecular weight excluding hydrogens is 172 g/mol. The highest BCUT2D eigenvalue weighted by atomic mass is 14.9. The van der Waals surface area contributed by atoms with E-state index in [0.717, 1.165) is 18.8 Å². The minimum absolute atomic E-state index is 0.702. The van der Waals surface area contributed by atoms with E-state index in [2.05, 4.69) is 41.5 Å². The minimum Gasteiger partial charge on any atom is -0.362 e. The molecule has 1 aliphatic heterocycles. The van der Waals surface area contributed by atoms with Gasteiger partial charge < -0.3 is 10.6 Å². The Morgan fingerprint density at radius 2 is 2.14 bits per heavy atom. The van der Waals surface area contributed by atoms with Crippen LogP contribution in [0.5, 0.6) is 0 Å². The molecular formula is C12H16N2. The van der Waals surface area contributed by atoms with Gasteiger partial charge in [0, 0.05) is 12.2 Å². The van der Waals surface area contributed by atoms with Gasteiger partial charge in [0.15, 0.2) is 0 Å². The maximum Gasteiger partial charge on any atom is 0.0379 e. The summed E-state index contributed by atoms with van der Waals surface area (Å²) in [4.78, 5) is 0. The molecule has 1 aromatic rings. The van der Waals surface area contributed by atoms with E-state index in [-0.39, 0.29) is 0 Å². The lowest BCUT2D eigenvalue weighted by atomic mass is 9.98. The van der Waals surface area contributed by atoms with E-state index < -0.39 is 0 Å². The predicted octanol–water partition coefficient (Wildman–Crippen LogP) is 2.32. The van der Waals surface area contributed by atoms with Crippen molar-refractivity contribution in [1.29, 1.82) is 0 Å². The van der Waals surface area contributed by atoms with Gasteiger partial charge in [-0.25, -0.2) is 0 Å². The van der Waals surface area contributed by atoms with Crippen molar-refractivity contribution in [2.45, 2.75) is 12.3 Å². The van der Waals surface area contributed by atoms with Crippen molar-refractivity contribution in [3.63, 3.8) is 0 Å². The normalized spacial score (nSPS) is 20.7. The van der Waals surface area contributed by atoms with E-state index in [1.165, 1.54) is 12.0 Å². The fraction of sp³-hybridized carbons (Fsp3) is 0.333. The molecule has 1 aromatic carbocycles. The standard InChI is InChI=1S/C12H16N2/c1-2-14-12-5-3-10(4-6-12)11-7-8-13-9-11/h2-6,11,13-14H,1,7-9H2. The summed E-state index contributed by atoms with van der Waals surface area (Å²) in [5, 5.41) is 6.45. The van der Waals surface area contributed by atoms with E-state index in [1.54, 1.807) is 6.20 Å². The molecule has 14 heavy (non-hydrogen) atoms. The van der Waals surface area contributed by atoms with Gasteiger partial charge in [-0.05, 0) is 42.8 Å². The SMILES string of the molecule is C=CNc1ccc(C2CCNC2)cc1. The van der Waals surface area contributed by atoms with Crippen LogP contribution in [0.15, 0.2) is 37.0 Å². The highest BCUT2D eigenvalue weighted by Crippen LogP contribution is 2.23. The van der Waals surface area contributed by atoms with Crippen molar-refractivity contribution in [2.75, 3.05) is 18.4 Å². The van der Waals surface area contributed by atoms with Crippen LogP contribution in [0.1, 0.15) is 17.9 Å². The Labute approximate surface area is 85.0 Å². The number of hydrogen-bond acceptors (Lipinski definition) is 2. The first-order chi connectivity index (χ1) is 6.90. The molecule has 0 saturated carbocycles. The molecule has 1 heterocycles. The van der Waals surface area contributed by atoms with Gasteiger partial charge in [0.1, 0.15) is 0 Å². The lowest BCUT2D eigenvalue weighted by molar-refractivity contribution is 0.763. The summed E-state index contributed by atoms with van der Waals surface area (Å²) in [7, 11) is 0. The molecule has 0 bridgehead atoms. The number of rotatable bonds is 3. The van der Waals surface area contributed by atoms with Crippen LogP contribution in [0, 0.1) is 0 Å². The molecule has 1 unspecified atom stereocenters. The maximum absolute atomic E-state index is 3.63. The fourth-order valence-electron chi connectivity index (χ4n) is 1.91. The third kappa shape index (κ3) is 1.96. The van der Waals surface area contributed by atoms with Crippen LogP contribution in [0.2, 0.25) is 0 Å². The molecule has 0 radical (unpaired) electrons. The molecule has 1 aliphatic rings. The van der Waals surface area contributed by atoms with Crippen molar-refractivity contribution >= 4 is 5.69 Å². The first-order valence-corrected chi connectivity index (χ1v) is 5.08. The molecule has 0 aliphatic carbocycles. The molecule has 2 N–H and O–H groups in total. The van der Waals surface area contributed by atoms with Gasteiger partial charge in [-0.1, -0.05) is 18.7 Å². The summed E-state index contributed by atoms with van der Waals surface area (Å²) in [5.41, 5.74) is 2.54. The number of benzene rings is 1. The van der Waals surface area contributed by atoms with E-state index in [0.29, 0.717) is 5.92 Å². The highest BCUT2D eigenvalue weighted by Gasteiger charge is 2.15. The Hall–Kier alpha value is -1.28. The third-order valence-electron chi connectivity index (χ3n) is 2.71. The second-order valence-corrected chi connectivity index (χ2v) is 3.66. The predicted molar refractivity (Wildman–Crippen MR) is 60.5 cm³/mol. The number of anilines is 1. The second-order valence-electron chi connectivity index (χ2n) is 3.66. The largest absolute Gasteiger partial charge is 0.362 e.